The summed E-state index contributed by atoms with van der Waals surface area (Å²) in [6.45, 7) is 3.84. The van der Waals surface area contributed by atoms with Crippen molar-refractivity contribution in [3.8, 4) is 0 Å². The molecule has 0 saturated heterocycles. The molecule has 116 valence electrons. The first-order chi connectivity index (χ1) is 10.3. The summed E-state index contributed by atoms with van der Waals surface area (Å²) in [5, 5.41) is 2.80. The fourth-order valence-electron chi connectivity index (χ4n) is 2.10. The zero-order valence-corrected chi connectivity index (χ0v) is 13.7. The van der Waals surface area contributed by atoms with Gasteiger partial charge >= 0.3 is 0 Å². The Labute approximate surface area is 131 Å². The molecular weight excluding hydrogens is 298 g/mol. The SMILES string of the molecule is CCc1ccc(NC(=O)c2cc(S(C)(=O)=O)ccc2C)cc1. The molecule has 4 nitrogen and oxygen atoms in total. The Morgan fingerprint density at radius 2 is 1.73 bits per heavy atom. The summed E-state index contributed by atoms with van der Waals surface area (Å²) < 4.78 is 23.2. The Kier molecular flexibility index (Phi) is 4.66. The van der Waals surface area contributed by atoms with Crippen LogP contribution in [0, 0.1) is 6.92 Å². The second-order valence-corrected chi connectivity index (χ2v) is 7.27. The molecular formula is C17H19NO3S. The minimum Gasteiger partial charge on any atom is -0.322 e. The van der Waals surface area contributed by atoms with Crippen LogP contribution >= 0.6 is 0 Å². The number of carbonyl (C=O) groups excluding carboxylic acids is 1. The van der Waals surface area contributed by atoms with Gasteiger partial charge in [0.15, 0.2) is 9.84 Å². The van der Waals surface area contributed by atoms with Crippen molar-refractivity contribution < 1.29 is 13.2 Å². The molecule has 2 aromatic carbocycles. The fourth-order valence-corrected chi connectivity index (χ4v) is 2.75. The maximum Gasteiger partial charge on any atom is 0.255 e. The van der Waals surface area contributed by atoms with Gasteiger partial charge in [-0.1, -0.05) is 25.1 Å². The summed E-state index contributed by atoms with van der Waals surface area (Å²) in [7, 11) is -3.34. The minimum absolute atomic E-state index is 0.143. The third kappa shape index (κ3) is 3.74. The van der Waals surface area contributed by atoms with Crippen molar-refractivity contribution in [3.05, 3.63) is 59.2 Å². The van der Waals surface area contributed by atoms with Gasteiger partial charge in [-0.15, -0.1) is 0 Å². The van der Waals surface area contributed by atoms with E-state index in [2.05, 4.69) is 12.2 Å². The zero-order valence-electron chi connectivity index (χ0n) is 12.9. The van der Waals surface area contributed by atoms with Crippen molar-refractivity contribution in [1.29, 1.82) is 0 Å². The lowest BCUT2D eigenvalue weighted by Crippen LogP contribution is -2.14. The van der Waals surface area contributed by atoms with Crippen LogP contribution in [0.15, 0.2) is 47.4 Å². The van der Waals surface area contributed by atoms with Gasteiger partial charge in [-0.3, -0.25) is 4.79 Å². The van der Waals surface area contributed by atoms with Crippen LogP contribution in [0.3, 0.4) is 0 Å². The van der Waals surface area contributed by atoms with E-state index in [1.54, 1.807) is 13.0 Å². The molecule has 2 rings (SSSR count). The van der Waals surface area contributed by atoms with Gasteiger partial charge in [0.1, 0.15) is 0 Å². The summed E-state index contributed by atoms with van der Waals surface area (Å²) >= 11 is 0. The van der Waals surface area contributed by atoms with Crippen LogP contribution in [0.1, 0.15) is 28.4 Å². The third-order valence-electron chi connectivity index (χ3n) is 3.50. The van der Waals surface area contributed by atoms with Crippen LogP contribution < -0.4 is 5.32 Å². The van der Waals surface area contributed by atoms with Crippen LogP contribution in [-0.2, 0) is 16.3 Å². The number of hydrogen-bond donors (Lipinski definition) is 1. The highest BCUT2D eigenvalue weighted by Gasteiger charge is 2.14. The second-order valence-electron chi connectivity index (χ2n) is 5.25. The molecule has 1 amide bonds. The van der Waals surface area contributed by atoms with Crippen LogP contribution in [-0.4, -0.2) is 20.6 Å². The fraction of sp³-hybridized carbons (Fsp3) is 0.235. The summed E-state index contributed by atoms with van der Waals surface area (Å²) in [6, 6.07) is 12.2. The number of aryl methyl sites for hydroxylation is 2. The number of sulfone groups is 1. The molecule has 1 N–H and O–H groups in total. The maximum atomic E-state index is 12.4. The predicted molar refractivity (Wildman–Crippen MR) is 88.1 cm³/mol. The number of carbonyl (C=O) groups is 1. The van der Waals surface area contributed by atoms with E-state index in [1.807, 2.05) is 24.3 Å². The van der Waals surface area contributed by atoms with E-state index in [9.17, 15) is 13.2 Å². The lowest BCUT2D eigenvalue weighted by Gasteiger charge is -2.10. The topological polar surface area (TPSA) is 63.2 Å². The Bertz CT molecular complexity index is 793. The molecule has 0 aliphatic carbocycles. The van der Waals surface area contributed by atoms with Crippen molar-refractivity contribution in [2.24, 2.45) is 0 Å². The first-order valence-electron chi connectivity index (χ1n) is 7.02. The smallest absolute Gasteiger partial charge is 0.255 e. The highest BCUT2D eigenvalue weighted by Crippen LogP contribution is 2.18. The molecule has 0 saturated carbocycles. The van der Waals surface area contributed by atoms with Gasteiger partial charge in [0.25, 0.3) is 5.91 Å². The van der Waals surface area contributed by atoms with E-state index in [0.717, 1.165) is 18.2 Å². The van der Waals surface area contributed by atoms with Gasteiger partial charge in [0, 0.05) is 17.5 Å². The highest BCUT2D eigenvalue weighted by molar-refractivity contribution is 7.90. The molecule has 22 heavy (non-hydrogen) atoms. The highest BCUT2D eigenvalue weighted by atomic mass is 32.2. The van der Waals surface area contributed by atoms with E-state index in [1.165, 1.54) is 17.7 Å². The predicted octanol–water partition coefficient (Wildman–Crippen LogP) is 3.21. The minimum atomic E-state index is -3.34. The summed E-state index contributed by atoms with van der Waals surface area (Å²) in [5.74, 6) is -0.313. The molecule has 0 spiro atoms. The Balaban J connectivity index is 2.28. The van der Waals surface area contributed by atoms with Crippen LogP contribution in [0.4, 0.5) is 5.69 Å². The van der Waals surface area contributed by atoms with Crippen molar-refractivity contribution >= 4 is 21.4 Å². The molecule has 0 fully saturated rings. The molecule has 0 aliphatic heterocycles. The van der Waals surface area contributed by atoms with E-state index >= 15 is 0 Å². The number of nitrogens with one attached hydrogen (secondary N) is 1. The van der Waals surface area contributed by atoms with Gasteiger partial charge in [0.05, 0.1) is 4.90 Å². The summed E-state index contributed by atoms with van der Waals surface area (Å²) in [4.78, 5) is 12.5. The molecule has 0 unspecified atom stereocenters. The molecule has 5 heteroatoms. The third-order valence-corrected chi connectivity index (χ3v) is 4.61. The monoisotopic (exact) mass is 317 g/mol. The zero-order chi connectivity index (χ0) is 16.3. The van der Waals surface area contributed by atoms with Crippen molar-refractivity contribution in [2.45, 2.75) is 25.2 Å². The van der Waals surface area contributed by atoms with Gasteiger partial charge in [-0.05, 0) is 48.7 Å². The molecule has 0 heterocycles. The van der Waals surface area contributed by atoms with E-state index in [0.29, 0.717) is 11.3 Å². The lowest BCUT2D eigenvalue weighted by atomic mass is 10.1. The molecule has 0 aliphatic rings. The summed E-state index contributed by atoms with van der Waals surface area (Å²) in [5.41, 5.74) is 2.97. The number of benzene rings is 2. The quantitative estimate of drug-likeness (QED) is 0.942. The van der Waals surface area contributed by atoms with Crippen LogP contribution in [0.25, 0.3) is 0 Å². The van der Waals surface area contributed by atoms with Crippen molar-refractivity contribution in [2.75, 3.05) is 11.6 Å². The van der Waals surface area contributed by atoms with Gasteiger partial charge in [-0.25, -0.2) is 8.42 Å². The van der Waals surface area contributed by atoms with Crippen molar-refractivity contribution in [1.82, 2.24) is 0 Å². The second kappa shape index (κ2) is 6.32. The molecule has 0 bridgehead atoms. The van der Waals surface area contributed by atoms with Crippen molar-refractivity contribution in [3.63, 3.8) is 0 Å². The van der Waals surface area contributed by atoms with Crippen LogP contribution in [0.5, 0.6) is 0 Å². The average Bonchev–Trinajstić information content (AvgIpc) is 2.47. The van der Waals surface area contributed by atoms with E-state index < -0.39 is 9.84 Å². The largest absolute Gasteiger partial charge is 0.322 e. The van der Waals surface area contributed by atoms with E-state index in [-0.39, 0.29) is 10.8 Å². The Morgan fingerprint density at radius 1 is 1.09 bits per heavy atom. The molecule has 0 atom stereocenters. The first-order valence-corrected chi connectivity index (χ1v) is 8.91. The maximum absolute atomic E-state index is 12.4. The number of rotatable bonds is 4. The summed E-state index contributed by atoms with van der Waals surface area (Å²) in [6.07, 6.45) is 2.06. The standard InChI is InChI=1S/C17H19NO3S/c1-4-13-6-8-14(9-7-13)18-17(19)16-11-15(22(3,20)21)10-5-12(16)2/h5-11H,4H2,1-3H3,(H,18,19). The van der Waals surface area contributed by atoms with Gasteiger partial charge in [-0.2, -0.15) is 0 Å². The lowest BCUT2D eigenvalue weighted by molar-refractivity contribution is 0.102. The van der Waals surface area contributed by atoms with E-state index in [4.69, 9.17) is 0 Å². The molecule has 2 aromatic rings. The average molecular weight is 317 g/mol. The normalized spacial score (nSPS) is 11.2. The first kappa shape index (κ1) is 16.2. The molecule has 0 radical (unpaired) electrons. The van der Waals surface area contributed by atoms with Gasteiger partial charge in [0.2, 0.25) is 0 Å². The Hall–Kier alpha value is -2.14. The Morgan fingerprint density at radius 3 is 2.27 bits per heavy atom. The van der Waals surface area contributed by atoms with Crippen LogP contribution in [0.2, 0.25) is 0 Å². The number of hydrogen-bond acceptors (Lipinski definition) is 3. The van der Waals surface area contributed by atoms with Gasteiger partial charge < -0.3 is 5.32 Å². The number of anilines is 1. The number of amides is 1. The molecule has 0 aromatic heterocycles.